The summed E-state index contributed by atoms with van der Waals surface area (Å²) in [7, 11) is 1.48. The van der Waals surface area contributed by atoms with E-state index in [2.05, 4.69) is 5.32 Å². The molecule has 1 N–H and O–H groups in total. The van der Waals surface area contributed by atoms with Gasteiger partial charge in [-0.15, -0.1) is 0 Å². The van der Waals surface area contributed by atoms with Crippen molar-refractivity contribution in [1.82, 2.24) is 10.2 Å². The van der Waals surface area contributed by atoms with Crippen molar-refractivity contribution < 1.29 is 18.9 Å². The molecule has 2 aromatic rings. The van der Waals surface area contributed by atoms with Crippen LogP contribution < -0.4 is 5.32 Å². The maximum absolute atomic E-state index is 13.3. The van der Waals surface area contributed by atoms with Crippen molar-refractivity contribution in [3.8, 4) is 0 Å². The first-order chi connectivity index (χ1) is 14.2. The summed E-state index contributed by atoms with van der Waals surface area (Å²) < 4.78 is 13.2. The van der Waals surface area contributed by atoms with Gasteiger partial charge in [0.05, 0.1) is 10.5 Å². The summed E-state index contributed by atoms with van der Waals surface area (Å²) in [5, 5.41) is 14.2. The van der Waals surface area contributed by atoms with Crippen LogP contribution in [-0.2, 0) is 16.0 Å². The number of nitro groups is 1. The lowest BCUT2D eigenvalue weighted by Gasteiger charge is -2.41. The quantitative estimate of drug-likeness (QED) is 0.464. The molecular formula is C22H22FN3O4. The summed E-state index contributed by atoms with van der Waals surface area (Å²) in [6.07, 6.45) is 1.91. The number of hydrogen-bond acceptors (Lipinski definition) is 4. The molecule has 0 aromatic heterocycles. The molecule has 156 valence electrons. The molecule has 1 saturated heterocycles. The van der Waals surface area contributed by atoms with Crippen LogP contribution >= 0.6 is 0 Å². The highest BCUT2D eigenvalue weighted by molar-refractivity contribution is 6.09. The van der Waals surface area contributed by atoms with E-state index >= 15 is 0 Å². The number of benzene rings is 2. The van der Waals surface area contributed by atoms with Crippen molar-refractivity contribution in [3.63, 3.8) is 0 Å². The third kappa shape index (κ3) is 3.80. The van der Waals surface area contributed by atoms with Crippen molar-refractivity contribution in [3.05, 3.63) is 80.8 Å². The van der Waals surface area contributed by atoms with Gasteiger partial charge in [0.2, 0.25) is 0 Å². The first kappa shape index (κ1) is 21.2. The largest absolute Gasteiger partial charge is 0.336 e. The van der Waals surface area contributed by atoms with E-state index in [1.165, 1.54) is 36.2 Å². The van der Waals surface area contributed by atoms with E-state index in [1.54, 1.807) is 38.1 Å². The van der Waals surface area contributed by atoms with Crippen LogP contribution in [0.25, 0.3) is 6.08 Å². The molecule has 1 unspecified atom stereocenters. The van der Waals surface area contributed by atoms with Crippen molar-refractivity contribution >= 4 is 23.6 Å². The highest BCUT2D eigenvalue weighted by Gasteiger charge is 2.46. The van der Waals surface area contributed by atoms with E-state index < -0.39 is 16.4 Å². The summed E-state index contributed by atoms with van der Waals surface area (Å²) in [5.74, 6) is -1.22. The van der Waals surface area contributed by atoms with Gasteiger partial charge in [-0.3, -0.25) is 19.7 Å². The summed E-state index contributed by atoms with van der Waals surface area (Å²) >= 11 is 0. The van der Waals surface area contributed by atoms with Crippen LogP contribution in [0.3, 0.4) is 0 Å². The SMILES string of the molecule is CCC1(Cc2ccc(F)cc2)NC(=O)/C(=C\c2c(C)cccc2[N+](=O)[O-])N(C)C1=O. The highest BCUT2D eigenvalue weighted by Crippen LogP contribution is 2.30. The molecule has 0 radical (unpaired) electrons. The maximum atomic E-state index is 13.3. The van der Waals surface area contributed by atoms with Gasteiger partial charge in [0.25, 0.3) is 17.5 Å². The topological polar surface area (TPSA) is 92.5 Å². The third-order valence-electron chi connectivity index (χ3n) is 5.46. The highest BCUT2D eigenvalue weighted by atomic mass is 19.1. The number of aryl methyl sites for hydroxylation is 1. The average Bonchev–Trinajstić information content (AvgIpc) is 2.71. The molecule has 30 heavy (non-hydrogen) atoms. The van der Waals surface area contributed by atoms with Gasteiger partial charge in [0.1, 0.15) is 17.1 Å². The van der Waals surface area contributed by atoms with Gasteiger partial charge in [-0.05, 0) is 42.7 Å². The minimum absolute atomic E-state index is 0.0283. The molecule has 2 aromatic carbocycles. The van der Waals surface area contributed by atoms with Crippen LogP contribution in [-0.4, -0.2) is 34.2 Å². The number of nitro benzene ring substituents is 1. The van der Waals surface area contributed by atoms with Gasteiger partial charge in [-0.2, -0.15) is 0 Å². The van der Waals surface area contributed by atoms with Crippen LogP contribution in [0.4, 0.5) is 10.1 Å². The van der Waals surface area contributed by atoms with E-state index in [0.717, 1.165) is 0 Å². The first-order valence-electron chi connectivity index (χ1n) is 9.49. The number of hydrogen-bond donors (Lipinski definition) is 1. The fraction of sp³-hybridized carbons (Fsp3) is 0.273. The van der Waals surface area contributed by atoms with Gasteiger partial charge < -0.3 is 10.2 Å². The number of carbonyl (C=O) groups is 2. The zero-order valence-electron chi connectivity index (χ0n) is 16.9. The van der Waals surface area contributed by atoms with Gasteiger partial charge in [0, 0.05) is 19.5 Å². The van der Waals surface area contributed by atoms with Crippen LogP contribution in [0.15, 0.2) is 48.2 Å². The summed E-state index contributed by atoms with van der Waals surface area (Å²) in [4.78, 5) is 38.3. The number of halogens is 1. The Balaban J connectivity index is 2.00. The lowest BCUT2D eigenvalue weighted by Crippen LogP contribution is -2.65. The van der Waals surface area contributed by atoms with Gasteiger partial charge in [0.15, 0.2) is 0 Å². The normalized spacial score (nSPS) is 20.4. The Morgan fingerprint density at radius 2 is 1.87 bits per heavy atom. The molecule has 0 aliphatic carbocycles. The Hall–Kier alpha value is -3.55. The molecule has 1 aliphatic rings. The zero-order valence-corrected chi connectivity index (χ0v) is 16.9. The van der Waals surface area contributed by atoms with Crippen LogP contribution in [0.5, 0.6) is 0 Å². The Labute approximate surface area is 173 Å². The molecule has 0 spiro atoms. The summed E-state index contributed by atoms with van der Waals surface area (Å²) in [5.41, 5.74) is 0.301. The molecule has 0 bridgehead atoms. The number of nitrogens with zero attached hydrogens (tertiary/aromatic N) is 2. The van der Waals surface area contributed by atoms with Crippen LogP contribution in [0.1, 0.15) is 30.0 Å². The van der Waals surface area contributed by atoms with E-state index in [4.69, 9.17) is 0 Å². The Bertz CT molecular complexity index is 1050. The predicted molar refractivity (Wildman–Crippen MR) is 110 cm³/mol. The molecule has 1 aliphatic heterocycles. The molecule has 8 heteroatoms. The van der Waals surface area contributed by atoms with Crippen LogP contribution in [0.2, 0.25) is 0 Å². The van der Waals surface area contributed by atoms with E-state index in [1.807, 2.05) is 0 Å². The second kappa shape index (κ2) is 8.06. The lowest BCUT2D eigenvalue weighted by atomic mass is 9.84. The molecule has 2 amide bonds. The number of nitrogens with one attached hydrogen (secondary N) is 1. The molecule has 1 heterocycles. The number of amides is 2. The summed E-state index contributed by atoms with van der Waals surface area (Å²) in [6.45, 7) is 3.49. The van der Waals surface area contributed by atoms with Crippen LogP contribution in [0, 0.1) is 22.9 Å². The fourth-order valence-corrected chi connectivity index (χ4v) is 3.66. The predicted octanol–water partition coefficient (Wildman–Crippen LogP) is 3.36. The first-order valence-corrected chi connectivity index (χ1v) is 9.49. The van der Waals surface area contributed by atoms with Crippen molar-refractivity contribution in [2.75, 3.05) is 7.05 Å². The lowest BCUT2D eigenvalue weighted by molar-refractivity contribution is -0.385. The van der Waals surface area contributed by atoms with Crippen molar-refractivity contribution in [2.24, 2.45) is 0 Å². The number of piperazine rings is 1. The molecular weight excluding hydrogens is 389 g/mol. The average molecular weight is 411 g/mol. The minimum Gasteiger partial charge on any atom is -0.336 e. The Morgan fingerprint density at radius 1 is 1.20 bits per heavy atom. The molecule has 1 fully saturated rings. The molecule has 7 nitrogen and oxygen atoms in total. The minimum atomic E-state index is -1.18. The summed E-state index contributed by atoms with van der Waals surface area (Å²) in [6, 6.07) is 10.4. The maximum Gasteiger partial charge on any atom is 0.276 e. The molecule has 3 rings (SSSR count). The second-order valence-corrected chi connectivity index (χ2v) is 7.35. The van der Waals surface area contributed by atoms with Gasteiger partial charge in [-0.25, -0.2) is 4.39 Å². The zero-order chi connectivity index (χ0) is 22.1. The van der Waals surface area contributed by atoms with Crippen molar-refractivity contribution in [1.29, 1.82) is 0 Å². The standard InChI is InChI=1S/C22H22FN3O4/c1-4-22(13-15-8-10-16(23)11-9-15)21(28)25(3)19(20(27)24-22)12-17-14(2)6-5-7-18(17)26(29)30/h5-12H,4,13H2,1-3H3,(H,24,27)/b19-12+. The number of likely N-dealkylation sites (N-methyl/N-ethyl adjacent to an activating group) is 1. The molecule has 1 atom stereocenters. The van der Waals surface area contributed by atoms with Crippen molar-refractivity contribution in [2.45, 2.75) is 32.2 Å². The Morgan fingerprint density at radius 3 is 2.47 bits per heavy atom. The number of carbonyl (C=O) groups excluding carboxylic acids is 2. The smallest absolute Gasteiger partial charge is 0.276 e. The van der Waals surface area contributed by atoms with Gasteiger partial charge >= 0.3 is 0 Å². The Kier molecular flexibility index (Phi) is 5.69. The third-order valence-corrected chi connectivity index (χ3v) is 5.46. The fourth-order valence-electron chi connectivity index (χ4n) is 3.66. The number of rotatable bonds is 5. The monoisotopic (exact) mass is 411 g/mol. The molecule has 0 saturated carbocycles. The van der Waals surface area contributed by atoms with Gasteiger partial charge in [-0.1, -0.05) is 31.2 Å². The van der Waals surface area contributed by atoms with E-state index in [9.17, 15) is 24.1 Å². The van der Waals surface area contributed by atoms with E-state index in [0.29, 0.717) is 17.5 Å². The van der Waals surface area contributed by atoms with E-state index in [-0.39, 0.29) is 35.1 Å². The second-order valence-electron chi connectivity index (χ2n) is 7.35.